The molecule has 12 nitrogen and oxygen atoms in total. The third-order valence-electron chi connectivity index (χ3n) is 6.67. The van der Waals surface area contributed by atoms with E-state index in [4.69, 9.17) is 26.6 Å². The quantitative estimate of drug-likeness (QED) is 0.210. The van der Waals surface area contributed by atoms with Gasteiger partial charge in [0.2, 0.25) is 5.95 Å². The van der Waals surface area contributed by atoms with E-state index in [0.29, 0.717) is 16.8 Å². The minimum Gasteiger partial charge on any atom is -0.381 e. The van der Waals surface area contributed by atoms with Crippen LogP contribution in [0, 0.1) is 13.8 Å². The second-order valence-corrected chi connectivity index (χ2v) is 11.9. The van der Waals surface area contributed by atoms with Gasteiger partial charge in [-0.15, -0.1) is 0 Å². The van der Waals surface area contributed by atoms with Crippen molar-refractivity contribution in [2.24, 2.45) is 5.73 Å². The lowest BCUT2D eigenvalue weighted by Gasteiger charge is -2.23. The van der Waals surface area contributed by atoms with Crippen LogP contribution >= 0.6 is 11.6 Å². The van der Waals surface area contributed by atoms with Crippen molar-refractivity contribution in [3.63, 3.8) is 0 Å². The van der Waals surface area contributed by atoms with Crippen molar-refractivity contribution >= 4 is 33.6 Å². The Morgan fingerprint density at radius 1 is 1.16 bits per heavy atom. The number of benzene rings is 2. The van der Waals surface area contributed by atoms with Gasteiger partial charge < -0.3 is 21.1 Å². The van der Waals surface area contributed by atoms with E-state index in [1.54, 1.807) is 47.6 Å². The summed E-state index contributed by atoms with van der Waals surface area (Å²) in [4.78, 5) is 26.0. The van der Waals surface area contributed by atoms with Gasteiger partial charge in [-0.25, -0.2) is 9.97 Å². The normalized spacial score (nSPS) is 14.3. The number of aryl methyl sites for hydroxylation is 2. The first-order valence-corrected chi connectivity index (χ1v) is 15.4. The average molecular weight is 628 g/mol. The molecule has 5 rings (SSSR count). The molecule has 1 aliphatic rings. The molecule has 1 amide bonds. The van der Waals surface area contributed by atoms with Gasteiger partial charge in [0.1, 0.15) is 17.8 Å². The molecule has 1 fully saturated rings. The molecular formula is C29H34ClN7O5S. The monoisotopic (exact) mass is 627 g/mol. The van der Waals surface area contributed by atoms with E-state index in [0.717, 1.165) is 42.7 Å². The van der Waals surface area contributed by atoms with Gasteiger partial charge in [-0.05, 0) is 56.5 Å². The fourth-order valence-corrected chi connectivity index (χ4v) is 4.97. The molecule has 0 radical (unpaired) electrons. The molecule has 5 N–H and O–H groups in total. The van der Waals surface area contributed by atoms with Crippen LogP contribution in [0.5, 0.6) is 0 Å². The number of hydrogen-bond donors (Lipinski definition) is 4. The van der Waals surface area contributed by atoms with Crippen LogP contribution in [0.2, 0.25) is 5.02 Å². The Hall–Kier alpha value is -3.88. The van der Waals surface area contributed by atoms with Crippen LogP contribution in [0.15, 0.2) is 72.1 Å². The molecule has 1 saturated heterocycles. The largest absolute Gasteiger partial charge is 0.381 e. The highest BCUT2D eigenvalue weighted by Crippen LogP contribution is 2.19. The van der Waals surface area contributed by atoms with E-state index in [-0.39, 0.29) is 35.1 Å². The van der Waals surface area contributed by atoms with Crippen molar-refractivity contribution in [3.05, 3.63) is 94.7 Å². The van der Waals surface area contributed by atoms with Crippen LogP contribution in [0.3, 0.4) is 0 Å². The minimum absolute atomic E-state index is 0.0666. The van der Waals surface area contributed by atoms with Crippen molar-refractivity contribution < 1.29 is 22.5 Å². The van der Waals surface area contributed by atoms with Crippen LogP contribution in [-0.4, -0.2) is 64.2 Å². The molecule has 43 heavy (non-hydrogen) atoms. The molecule has 0 spiro atoms. The summed E-state index contributed by atoms with van der Waals surface area (Å²) in [6.45, 7) is 5.45. The summed E-state index contributed by atoms with van der Waals surface area (Å²) in [5, 5.41) is 6.87. The van der Waals surface area contributed by atoms with E-state index < -0.39 is 10.1 Å². The first-order valence-electron chi connectivity index (χ1n) is 13.6. The SMILES string of the molecule is Cc1ccc(S(=O)(=O)O)cc1.Cc1cnc(NC2CCOCC2)nc1-n1cnc(C(=O)NC(CN)c2cccc(Cl)c2)c1. The number of nitrogens with zero attached hydrogens (tertiary/aromatic N) is 4. The number of ether oxygens (including phenoxy) is 1. The van der Waals surface area contributed by atoms with Crippen molar-refractivity contribution in [1.82, 2.24) is 24.8 Å². The minimum atomic E-state index is -4.02. The number of aromatic nitrogens is 4. The van der Waals surface area contributed by atoms with Gasteiger partial charge in [0.25, 0.3) is 16.0 Å². The number of anilines is 1. The van der Waals surface area contributed by atoms with Gasteiger partial charge in [0, 0.05) is 48.8 Å². The molecule has 2 aromatic carbocycles. The summed E-state index contributed by atoms with van der Waals surface area (Å²) in [5.74, 6) is 0.874. The maximum Gasteiger partial charge on any atom is 0.294 e. The Labute approximate surface area is 255 Å². The van der Waals surface area contributed by atoms with Crippen LogP contribution in [-0.2, 0) is 14.9 Å². The fraction of sp³-hybridized carbons (Fsp3) is 0.310. The number of carbonyl (C=O) groups excluding carboxylic acids is 1. The van der Waals surface area contributed by atoms with Gasteiger partial charge in [0.05, 0.1) is 10.9 Å². The molecule has 2 aromatic heterocycles. The number of rotatable bonds is 8. The highest BCUT2D eigenvalue weighted by molar-refractivity contribution is 7.85. The third kappa shape index (κ3) is 9.05. The maximum absolute atomic E-state index is 12.8. The zero-order valence-corrected chi connectivity index (χ0v) is 25.3. The Morgan fingerprint density at radius 3 is 2.53 bits per heavy atom. The molecule has 0 aliphatic carbocycles. The predicted molar refractivity (Wildman–Crippen MR) is 163 cm³/mol. The number of amides is 1. The van der Waals surface area contributed by atoms with Gasteiger partial charge in [0.15, 0.2) is 0 Å². The zero-order chi connectivity index (χ0) is 31.0. The van der Waals surface area contributed by atoms with Gasteiger partial charge in [-0.1, -0.05) is 41.4 Å². The van der Waals surface area contributed by atoms with Crippen LogP contribution in [0.4, 0.5) is 5.95 Å². The Kier molecular flexibility index (Phi) is 10.8. The molecule has 4 aromatic rings. The Bertz CT molecular complexity index is 1640. The number of imidazole rings is 1. The van der Waals surface area contributed by atoms with E-state index in [9.17, 15) is 13.2 Å². The second kappa shape index (κ2) is 14.5. The third-order valence-corrected chi connectivity index (χ3v) is 7.77. The lowest BCUT2D eigenvalue weighted by molar-refractivity contribution is 0.0903. The van der Waals surface area contributed by atoms with E-state index in [1.807, 2.05) is 26.0 Å². The average Bonchev–Trinajstić information content (AvgIpc) is 3.48. The van der Waals surface area contributed by atoms with Crippen molar-refractivity contribution in [2.75, 3.05) is 25.1 Å². The van der Waals surface area contributed by atoms with Crippen LogP contribution in [0.1, 0.15) is 46.1 Å². The maximum atomic E-state index is 12.8. The van der Waals surface area contributed by atoms with E-state index >= 15 is 0 Å². The van der Waals surface area contributed by atoms with E-state index in [1.165, 1.54) is 12.1 Å². The molecule has 228 valence electrons. The zero-order valence-electron chi connectivity index (χ0n) is 23.8. The number of nitrogens with two attached hydrogens (primary N) is 1. The van der Waals surface area contributed by atoms with Crippen molar-refractivity contribution in [1.29, 1.82) is 0 Å². The summed E-state index contributed by atoms with van der Waals surface area (Å²) in [5.41, 5.74) is 8.80. The molecule has 3 heterocycles. The smallest absolute Gasteiger partial charge is 0.294 e. The topological polar surface area (TPSA) is 174 Å². The number of hydrogen-bond acceptors (Lipinski definition) is 9. The summed E-state index contributed by atoms with van der Waals surface area (Å²) >= 11 is 6.07. The Morgan fingerprint density at radius 2 is 1.88 bits per heavy atom. The lowest BCUT2D eigenvalue weighted by atomic mass is 10.1. The van der Waals surface area contributed by atoms with E-state index in [2.05, 4.69) is 25.6 Å². The Balaban J connectivity index is 0.000000324. The summed E-state index contributed by atoms with van der Waals surface area (Å²) < 4.78 is 36.7. The number of halogens is 1. The summed E-state index contributed by atoms with van der Waals surface area (Å²) in [6.07, 6.45) is 6.80. The molecule has 0 saturated carbocycles. The van der Waals surface area contributed by atoms with Gasteiger partial charge in [-0.2, -0.15) is 13.4 Å². The predicted octanol–water partition coefficient (Wildman–Crippen LogP) is 3.89. The lowest BCUT2D eigenvalue weighted by Crippen LogP contribution is -2.33. The van der Waals surface area contributed by atoms with Crippen molar-refractivity contribution in [3.8, 4) is 5.82 Å². The van der Waals surface area contributed by atoms with Crippen LogP contribution < -0.4 is 16.4 Å². The molecule has 1 unspecified atom stereocenters. The van der Waals surface area contributed by atoms with Gasteiger partial charge >= 0.3 is 0 Å². The molecule has 14 heteroatoms. The van der Waals surface area contributed by atoms with Crippen molar-refractivity contribution in [2.45, 2.75) is 43.7 Å². The van der Waals surface area contributed by atoms with Crippen LogP contribution in [0.25, 0.3) is 5.82 Å². The first-order chi connectivity index (χ1) is 20.5. The first kappa shape index (κ1) is 32.0. The van der Waals surface area contributed by atoms with Gasteiger partial charge in [-0.3, -0.25) is 13.9 Å². The highest BCUT2D eigenvalue weighted by Gasteiger charge is 2.19. The summed E-state index contributed by atoms with van der Waals surface area (Å²) in [7, 11) is -4.02. The molecule has 0 bridgehead atoms. The molecular weight excluding hydrogens is 594 g/mol. The number of carbonyl (C=O) groups is 1. The summed E-state index contributed by atoms with van der Waals surface area (Å²) in [6, 6.07) is 13.2. The molecule has 1 aliphatic heterocycles. The number of nitrogens with one attached hydrogen (secondary N) is 2. The fourth-order valence-electron chi connectivity index (χ4n) is 4.29. The standard InChI is InChI=1S/C22H26ClN7O2.C7H8O3S/c1-14-11-25-22(27-17-5-7-32-8-6-17)29-20(14)30-12-19(26-13-30)21(31)28-18(10-24)15-3-2-4-16(23)9-15;1-6-2-4-7(5-3-6)11(8,9)10/h2-4,9,11-13,17-18H,5-8,10,24H2,1H3,(H,28,31)(H,25,27,29);2-5H,1H3,(H,8,9,10). The molecule has 1 atom stereocenters. The highest BCUT2D eigenvalue weighted by atomic mass is 35.5. The second-order valence-electron chi connectivity index (χ2n) is 10.0.